The van der Waals surface area contributed by atoms with E-state index in [-0.39, 0.29) is 23.8 Å². The second kappa shape index (κ2) is 9.30. The van der Waals surface area contributed by atoms with Crippen molar-refractivity contribution in [2.75, 3.05) is 14.2 Å². The number of hydrogen-bond acceptors (Lipinski definition) is 5. The summed E-state index contributed by atoms with van der Waals surface area (Å²) >= 11 is 0. The Balaban J connectivity index is 1.47. The first-order valence-corrected chi connectivity index (χ1v) is 9.43. The van der Waals surface area contributed by atoms with Gasteiger partial charge in [-0.25, -0.2) is 0 Å². The van der Waals surface area contributed by atoms with E-state index in [9.17, 15) is 9.59 Å². The van der Waals surface area contributed by atoms with Crippen molar-refractivity contribution in [3.8, 4) is 11.5 Å². The van der Waals surface area contributed by atoms with Gasteiger partial charge in [-0.2, -0.15) is 0 Å². The van der Waals surface area contributed by atoms with Gasteiger partial charge in [-0.1, -0.05) is 12.1 Å². The van der Waals surface area contributed by atoms with Gasteiger partial charge in [0.15, 0.2) is 11.5 Å². The lowest BCUT2D eigenvalue weighted by Gasteiger charge is -2.28. The lowest BCUT2D eigenvalue weighted by molar-refractivity contribution is -0.126. The Labute approximate surface area is 164 Å². The molecule has 150 valence electrons. The summed E-state index contributed by atoms with van der Waals surface area (Å²) < 4.78 is 15.6. The Morgan fingerprint density at radius 1 is 1.11 bits per heavy atom. The number of hydrogen-bond donors (Lipinski definition) is 2. The standard InChI is InChI=1S/C21H26N2O5/c1-26-18-5-3-4-15(19(18)27-2)12-22-20(24)14-6-8-17(9-7-14)23-21(25)16-10-11-28-13-16/h3-5,10-11,13-14,17H,6-9,12H2,1-2H3,(H,22,24)(H,23,25). The monoisotopic (exact) mass is 386 g/mol. The van der Waals surface area contributed by atoms with E-state index < -0.39 is 0 Å². The quantitative estimate of drug-likeness (QED) is 0.764. The van der Waals surface area contributed by atoms with Crippen LogP contribution < -0.4 is 20.1 Å². The molecule has 2 N–H and O–H groups in total. The Morgan fingerprint density at radius 2 is 1.89 bits per heavy atom. The molecule has 2 amide bonds. The highest BCUT2D eigenvalue weighted by Crippen LogP contribution is 2.31. The van der Waals surface area contributed by atoms with Gasteiger partial charge < -0.3 is 24.5 Å². The van der Waals surface area contributed by atoms with Crippen LogP contribution in [0.5, 0.6) is 11.5 Å². The molecule has 0 spiro atoms. The minimum absolute atomic E-state index is 0.0319. The highest BCUT2D eigenvalue weighted by molar-refractivity contribution is 5.94. The third-order valence-corrected chi connectivity index (χ3v) is 5.15. The Hall–Kier alpha value is -2.96. The molecule has 1 fully saturated rings. The first-order valence-electron chi connectivity index (χ1n) is 9.43. The van der Waals surface area contributed by atoms with Crippen LogP contribution in [0.4, 0.5) is 0 Å². The summed E-state index contributed by atoms with van der Waals surface area (Å²) in [6.45, 7) is 0.385. The summed E-state index contributed by atoms with van der Waals surface area (Å²) in [5.74, 6) is 1.13. The molecule has 3 rings (SSSR count). The fraction of sp³-hybridized carbons (Fsp3) is 0.429. The SMILES string of the molecule is COc1cccc(CNC(=O)C2CCC(NC(=O)c3ccoc3)CC2)c1OC. The van der Waals surface area contributed by atoms with E-state index >= 15 is 0 Å². The van der Waals surface area contributed by atoms with Crippen LogP contribution in [-0.2, 0) is 11.3 Å². The van der Waals surface area contributed by atoms with Gasteiger partial charge in [-0.3, -0.25) is 9.59 Å². The average Bonchev–Trinajstić information content (AvgIpc) is 3.27. The largest absolute Gasteiger partial charge is 0.493 e. The first-order chi connectivity index (χ1) is 13.6. The van der Waals surface area contributed by atoms with E-state index in [1.165, 1.54) is 12.5 Å². The predicted octanol–water partition coefficient (Wildman–Crippen LogP) is 2.90. The zero-order chi connectivity index (χ0) is 19.9. The fourth-order valence-corrected chi connectivity index (χ4v) is 3.58. The summed E-state index contributed by atoms with van der Waals surface area (Å²) in [5.41, 5.74) is 1.39. The maximum atomic E-state index is 12.6. The number of methoxy groups -OCH3 is 2. The molecule has 1 saturated carbocycles. The van der Waals surface area contributed by atoms with Gasteiger partial charge >= 0.3 is 0 Å². The molecular weight excluding hydrogens is 360 g/mol. The van der Waals surface area contributed by atoms with Gasteiger partial charge in [0.2, 0.25) is 5.91 Å². The van der Waals surface area contributed by atoms with E-state index in [1.54, 1.807) is 20.3 Å². The molecule has 1 aliphatic carbocycles. The van der Waals surface area contributed by atoms with Crippen LogP contribution in [0, 0.1) is 5.92 Å². The molecule has 7 nitrogen and oxygen atoms in total. The van der Waals surface area contributed by atoms with Crippen molar-refractivity contribution in [3.63, 3.8) is 0 Å². The normalized spacial score (nSPS) is 18.9. The van der Waals surface area contributed by atoms with Crippen LogP contribution in [0.3, 0.4) is 0 Å². The highest BCUT2D eigenvalue weighted by Gasteiger charge is 2.27. The summed E-state index contributed by atoms with van der Waals surface area (Å²) in [5, 5.41) is 6.00. The molecule has 28 heavy (non-hydrogen) atoms. The number of carbonyl (C=O) groups is 2. The van der Waals surface area contributed by atoms with Gasteiger partial charge in [0, 0.05) is 24.1 Å². The van der Waals surface area contributed by atoms with E-state index in [1.807, 2.05) is 18.2 Å². The maximum Gasteiger partial charge on any atom is 0.254 e. The number of furan rings is 1. The molecule has 1 aliphatic rings. The van der Waals surface area contributed by atoms with Crippen molar-refractivity contribution in [2.45, 2.75) is 38.3 Å². The average molecular weight is 386 g/mol. The topological polar surface area (TPSA) is 89.8 Å². The summed E-state index contributed by atoms with van der Waals surface area (Å²) in [6.07, 6.45) is 5.97. The van der Waals surface area contributed by atoms with Crippen LogP contribution in [0.2, 0.25) is 0 Å². The molecule has 0 bridgehead atoms. The Kier molecular flexibility index (Phi) is 6.57. The molecule has 0 radical (unpaired) electrons. The van der Waals surface area contributed by atoms with Crippen molar-refractivity contribution in [3.05, 3.63) is 47.9 Å². The summed E-state index contributed by atoms with van der Waals surface area (Å²) in [6, 6.07) is 7.33. The van der Waals surface area contributed by atoms with E-state index in [4.69, 9.17) is 13.9 Å². The summed E-state index contributed by atoms with van der Waals surface area (Å²) in [4.78, 5) is 24.6. The van der Waals surface area contributed by atoms with Crippen molar-refractivity contribution >= 4 is 11.8 Å². The maximum absolute atomic E-state index is 12.6. The first kappa shape index (κ1) is 19.8. The molecule has 0 aliphatic heterocycles. The van der Waals surface area contributed by atoms with Crippen LogP contribution in [-0.4, -0.2) is 32.1 Å². The third-order valence-electron chi connectivity index (χ3n) is 5.15. The van der Waals surface area contributed by atoms with E-state index in [0.29, 0.717) is 23.6 Å². The Bertz CT molecular complexity index is 795. The third kappa shape index (κ3) is 4.65. The molecule has 1 aromatic carbocycles. The van der Waals surface area contributed by atoms with E-state index in [2.05, 4.69) is 10.6 Å². The zero-order valence-electron chi connectivity index (χ0n) is 16.2. The number of para-hydroxylation sites is 1. The van der Waals surface area contributed by atoms with Crippen molar-refractivity contribution in [1.29, 1.82) is 0 Å². The van der Waals surface area contributed by atoms with Gasteiger partial charge in [0.25, 0.3) is 5.91 Å². The molecule has 0 atom stereocenters. The summed E-state index contributed by atoms with van der Waals surface area (Å²) in [7, 11) is 3.17. The van der Waals surface area contributed by atoms with Gasteiger partial charge in [-0.15, -0.1) is 0 Å². The predicted molar refractivity (Wildman–Crippen MR) is 103 cm³/mol. The number of ether oxygens (including phenoxy) is 2. The van der Waals surface area contributed by atoms with Crippen LogP contribution in [0.15, 0.2) is 41.2 Å². The van der Waals surface area contributed by atoms with Crippen LogP contribution in [0.1, 0.15) is 41.6 Å². The lowest BCUT2D eigenvalue weighted by atomic mass is 9.85. The van der Waals surface area contributed by atoms with Gasteiger partial charge in [-0.05, 0) is 37.8 Å². The molecule has 1 heterocycles. The highest BCUT2D eigenvalue weighted by atomic mass is 16.5. The van der Waals surface area contributed by atoms with Gasteiger partial charge in [0.1, 0.15) is 6.26 Å². The van der Waals surface area contributed by atoms with Crippen molar-refractivity contribution in [1.82, 2.24) is 10.6 Å². The lowest BCUT2D eigenvalue weighted by Crippen LogP contribution is -2.40. The smallest absolute Gasteiger partial charge is 0.254 e. The molecule has 2 aromatic rings. The second-order valence-corrected chi connectivity index (χ2v) is 6.90. The van der Waals surface area contributed by atoms with Crippen LogP contribution >= 0.6 is 0 Å². The second-order valence-electron chi connectivity index (χ2n) is 6.90. The number of carbonyl (C=O) groups excluding carboxylic acids is 2. The number of benzene rings is 1. The molecule has 0 saturated heterocycles. The number of nitrogens with one attached hydrogen (secondary N) is 2. The minimum Gasteiger partial charge on any atom is -0.493 e. The Morgan fingerprint density at radius 3 is 2.54 bits per heavy atom. The minimum atomic E-state index is -0.133. The van der Waals surface area contributed by atoms with Crippen LogP contribution in [0.25, 0.3) is 0 Å². The zero-order valence-corrected chi connectivity index (χ0v) is 16.2. The molecule has 1 aromatic heterocycles. The van der Waals surface area contributed by atoms with Gasteiger partial charge in [0.05, 0.1) is 26.0 Å². The van der Waals surface area contributed by atoms with E-state index in [0.717, 1.165) is 31.2 Å². The fourth-order valence-electron chi connectivity index (χ4n) is 3.58. The van der Waals surface area contributed by atoms with Crippen molar-refractivity contribution in [2.24, 2.45) is 5.92 Å². The molecule has 0 unspecified atom stereocenters. The van der Waals surface area contributed by atoms with Crippen molar-refractivity contribution < 1.29 is 23.5 Å². The molecular formula is C21H26N2O5. The number of rotatable bonds is 7. The molecule has 7 heteroatoms. The number of amides is 2.